The molecule has 120 valence electrons. The molecule has 0 unspecified atom stereocenters. The molecule has 2 heterocycles. The third-order valence-electron chi connectivity index (χ3n) is 3.38. The largest absolute Gasteiger partial charge is 0.383 e. The van der Waals surface area contributed by atoms with Crippen LogP contribution in [0.5, 0.6) is 0 Å². The van der Waals surface area contributed by atoms with Crippen molar-refractivity contribution in [1.29, 1.82) is 0 Å². The second-order valence-electron chi connectivity index (χ2n) is 4.90. The number of nitrogens with zero attached hydrogens (tertiary/aromatic N) is 3. The first-order valence-electron chi connectivity index (χ1n) is 7.00. The van der Waals surface area contributed by atoms with E-state index in [1.165, 1.54) is 16.7 Å². The summed E-state index contributed by atoms with van der Waals surface area (Å²) in [7, 11) is 3.15. The van der Waals surface area contributed by atoms with Crippen LogP contribution in [0.4, 0.5) is 4.39 Å². The van der Waals surface area contributed by atoms with E-state index in [-0.39, 0.29) is 5.91 Å². The van der Waals surface area contributed by atoms with E-state index in [2.05, 4.69) is 4.98 Å². The van der Waals surface area contributed by atoms with E-state index in [1.807, 2.05) is 0 Å². The lowest BCUT2D eigenvalue weighted by atomic mass is 10.3. The quantitative estimate of drug-likeness (QED) is 0.778. The van der Waals surface area contributed by atoms with Crippen molar-refractivity contribution < 1.29 is 18.7 Å². The third-order valence-corrected chi connectivity index (χ3v) is 3.38. The van der Waals surface area contributed by atoms with E-state index >= 15 is 0 Å². The van der Waals surface area contributed by atoms with Crippen LogP contribution in [0.3, 0.4) is 0 Å². The van der Waals surface area contributed by atoms with Gasteiger partial charge in [-0.15, -0.1) is 0 Å². The molecule has 0 aromatic carbocycles. The number of pyridine rings is 1. The van der Waals surface area contributed by atoms with Gasteiger partial charge >= 0.3 is 0 Å². The molecular formula is C15H20FN3O3. The second kappa shape index (κ2) is 7.33. The number of fused-ring (bicyclic) bond motifs is 1. The topological polar surface area (TPSA) is 56.1 Å². The fourth-order valence-corrected chi connectivity index (χ4v) is 2.26. The summed E-state index contributed by atoms with van der Waals surface area (Å²) in [4.78, 5) is 18.7. The van der Waals surface area contributed by atoms with Gasteiger partial charge in [0.1, 0.15) is 17.2 Å². The zero-order valence-corrected chi connectivity index (χ0v) is 13.0. The maximum absolute atomic E-state index is 13.5. The van der Waals surface area contributed by atoms with Crippen LogP contribution >= 0.6 is 0 Å². The molecule has 0 fully saturated rings. The number of imidazole rings is 1. The Morgan fingerprint density at radius 3 is 2.50 bits per heavy atom. The van der Waals surface area contributed by atoms with E-state index in [0.29, 0.717) is 43.3 Å². The number of carbonyl (C=O) groups excluding carboxylic acids is 1. The maximum Gasteiger partial charge on any atom is 0.272 e. The van der Waals surface area contributed by atoms with E-state index < -0.39 is 5.82 Å². The minimum atomic E-state index is -0.417. The number of ether oxygens (including phenoxy) is 2. The van der Waals surface area contributed by atoms with Gasteiger partial charge in [0.25, 0.3) is 5.91 Å². The van der Waals surface area contributed by atoms with Crippen molar-refractivity contribution >= 4 is 11.6 Å². The molecule has 6 nitrogen and oxygen atoms in total. The normalized spacial score (nSPS) is 11.1. The fraction of sp³-hybridized carbons (Fsp3) is 0.467. The standard InChI is InChI=1S/C15H20FN3O3/c1-11-14(19-10-12(16)4-5-13(19)17-11)15(20)18(6-8-21-2)7-9-22-3/h4-5,10H,6-9H2,1-3H3. The van der Waals surface area contributed by atoms with Crippen molar-refractivity contribution in [3.63, 3.8) is 0 Å². The monoisotopic (exact) mass is 309 g/mol. The molecule has 0 radical (unpaired) electrons. The van der Waals surface area contributed by atoms with Gasteiger partial charge in [0.15, 0.2) is 0 Å². The molecular weight excluding hydrogens is 289 g/mol. The predicted molar refractivity (Wildman–Crippen MR) is 79.5 cm³/mol. The van der Waals surface area contributed by atoms with Crippen LogP contribution in [0.2, 0.25) is 0 Å². The lowest BCUT2D eigenvalue weighted by Crippen LogP contribution is -2.37. The number of hydrogen-bond acceptors (Lipinski definition) is 4. The average molecular weight is 309 g/mol. The SMILES string of the molecule is COCCN(CCOC)C(=O)c1c(C)nc2ccc(F)cn12. The predicted octanol–water partition coefficient (Wildman–Crippen LogP) is 1.52. The Hall–Kier alpha value is -1.99. The average Bonchev–Trinajstić information content (AvgIpc) is 2.82. The second-order valence-corrected chi connectivity index (χ2v) is 4.90. The molecule has 0 bridgehead atoms. The van der Waals surface area contributed by atoms with Crippen molar-refractivity contribution in [3.8, 4) is 0 Å². The molecule has 7 heteroatoms. The Kier molecular flexibility index (Phi) is 5.46. The number of aryl methyl sites for hydroxylation is 1. The summed E-state index contributed by atoms with van der Waals surface area (Å²) in [5, 5.41) is 0. The number of hydrogen-bond donors (Lipinski definition) is 0. The van der Waals surface area contributed by atoms with Gasteiger partial charge in [-0.1, -0.05) is 0 Å². The summed E-state index contributed by atoms with van der Waals surface area (Å²) in [5.41, 5.74) is 1.47. The van der Waals surface area contributed by atoms with E-state index in [4.69, 9.17) is 9.47 Å². The first kappa shape index (κ1) is 16.4. The molecule has 0 aliphatic heterocycles. The van der Waals surface area contributed by atoms with Gasteiger partial charge in [0, 0.05) is 33.5 Å². The molecule has 2 rings (SSSR count). The van der Waals surface area contributed by atoms with Gasteiger partial charge in [-0.25, -0.2) is 9.37 Å². The zero-order valence-electron chi connectivity index (χ0n) is 13.0. The fourth-order valence-electron chi connectivity index (χ4n) is 2.26. The van der Waals surface area contributed by atoms with Crippen molar-refractivity contribution in [2.75, 3.05) is 40.5 Å². The molecule has 0 saturated heterocycles. The van der Waals surface area contributed by atoms with Gasteiger partial charge in [-0.05, 0) is 19.1 Å². The van der Waals surface area contributed by atoms with Crippen LogP contribution < -0.4 is 0 Å². The molecule has 0 atom stereocenters. The van der Waals surface area contributed by atoms with Crippen LogP contribution in [-0.4, -0.2) is 60.7 Å². The minimum Gasteiger partial charge on any atom is -0.383 e. The van der Waals surface area contributed by atoms with Crippen LogP contribution in [-0.2, 0) is 9.47 Å². The number of rotatable bonds is 7. The smallest absolute Gasteiger partial charge is 0.272 e. The van der Waals surface area contributed by atoms with Crippen LogP contribution in [0.1, 0.15) is 16.2 Å². The summed E-state index contributed by atoms with van der Waals surface area (Å²) in [6, 6.07) is 2.87. The molecule has 0 saturated carbocycles. The molecule has 22 heavy (non-hydrogen) atoms. The highest BCUT2D eigenvalue weighted by Gasteiger charge is 2.22. The number of halogens is 1. The molecule has 0 N–H and O–H groups in total. The summed E-state index contributed by atoms with van der Waals surface area (Å²) >= 11 is 0. The maximum atomic E-state index is 13.5. The molecule has 2 aromatic heterocycles. The number of aromatic nitrogens is 2. The van der Waals surface area contributed by atoms with Crippen molar-refractivity contribution in [2.45, 2.75) is 6.92 Å². The highest BCUT2D eigenvalue weighted by Crippen LogP contribution is 2.15. The van der Waals surface area contributed by atoms with Gasteiger partial charge in [-0.2, -0.15) is 0 Å². The first-order chi connectivity index (χ1) is 10.6. The van der Waals surface area contributed by atoms with Crippen LogP contribution in [0, 0.1) is 12.7 Å². The van der Waals surface area contributed by atoms with E-state index in [1.54, 1.807) is 32.1 Å². The lowest BCUT2D eigenvalue weighted by Gasteiger charge is -2.22. The number of carbonyl (C=O) groups is 1. The van der Waals surface area contributed by atoms with Crippen LogP contribution in [0.15, 0.2) is 18.3 Å². The number of methoxy groups -OCH3 is 2. The zero-order chi connectivity index (χ0) is 16.1. The van der Waals surface area contributed by atoms with Crippen molar-refractivity contribution in [3.05, 3.63) is 35.5 Å². The summed E-state index contributed by atoms with van der Waals surface area (Å²) in [6.07, 6.45) is 1.27. The highest BCUT2D eigenvalue weighted by atomic mass is 19.1. The van der Waals surface area contributed by atoms with E-state index in [0.717, 1.165) is 0 Å². The highest BCUT2D eigenvalue weighted by molar-refractivity contribution is 5.94. The Morgan fingerprint density at radius 2 is 1.91 bits per heavy atom. The minimum absolute atomic E-state index is 0.218. The lowest BCUT2D eigenvalue weighted by molar-refractivity contribution is 0.0620. The molecule has 0 aliphatic carbocycles. The van der Waals surface area contributed by atoms with Gasteiger partial charge in [0.05, 0.1) is 18.9 Å². The Balaban J connectivity index is 2.36. The summed E-state index contributed by atoms with van der Waals surface area (Å²) < 4.78 is 25.0. The van der Waals surface area contributed by atoms with Crippen molar-refractivity contribution in [2.24, 2.45) is 0 Å². The van der Waals surface area contributed by atoms with Gasteiger partial charge in [-0.3, -0.25) is 9.20 Å². The first-order valence-corrected chi connectivity index (χ1v) is 7.00. The van der Waals surface area contributed by atoms with Gasteiger partial charge < -0.3 is 14.4 Å². The van der Waals surface area contributed by atoms with Crippen LogP contribution in [0.25, 0.3) is 5.65 Å². The van der Waals surface area contributed by atoms with Crippen molar-refractivity contribution in [1.82, 2.24) is 14.3 Å². The molecule has 0 spiro atoms. The molecule has 0 aliphatic rings. The Bertz CT molecular complexity index is 649. The van der Waals surface area contributed by atoms with E-state index in [9.17, 15) is 9.18 Å². The molecule has 1 amide bonds. The Labute approximate surface area is 128 Å². The summed E-state index contributed by atoms with van der Waals surface area (Å²) in [6.45, 7) is 3.43. The number of amides is 1. The molecule has 2 aromatic rings. The summed E-state index contributed by atoms with van der Waals surface area (Å²) in [5.74, 6) is -0.635. The third kappa shape index (κ3) is 3.42. The van der Waals surface area contributed by atoms with Gasteiger partial charge in [0.2, 0.25) is 0 Å². The Morgan fingerprint density at radius 1 is 1.27 bits per heavy atom.